The van der Waals surface area contributed by atoms with Gasteiger partial charge in [0.2, 0.25) is 0 Å². The predicted octanol–water partition coefficient (Wildman–Crippen LogP) is 2.91. The number of hydrogen-bond donors (Lipinski definition) is 1. The molecule has 0 radical (unpaired) electrons. The van der Waals surface area contributed by atoms with Crippen LogP contribution in [-0.2, 0) is 16.3 Å². The van der Waals surface area contributed by atoms with Crippen LogP contribution in [0.4, 0.5) is 13.2 Å². The second-order valence-corrected chi connectivity index (χ2v) is 6.53. The van der Waals surface area contributed by atoms with Crippen LogP contribution in [0.5, 0.6) is 0 Å². The molecule has 114 valence electrons. The first-order chi connectivity index (χ1) is 9.20. The number of nitrogens with one attached hydrogen (secondary N) is 1. The SMILES string of the molecule is CCCNC(C)Cc1ccccc1S(=O)(=O)C(F)(F)F. The van der Waals surface area contributed by atoms with E-state index >= 15 is 0 Å². The van der Waals surface area contributed by atoms with Gasteiger partial charge in [0, 0.05) is 6.04 Å². The molecule has 20 heavy (non-hydrogen) atoms. The first-order valence-corrected chi connectivity index (χ1v) is 7.81. The monoisotopic (exact) mass is 309 g/mol. The average molecular weight is 309 g/mol. The van der Waals surface area contributed by atoms with Crippen molar-refractivity contribution < 1.29 is 21.6 Å². The van der Waals surface area contributed by atoms with E-state index in [9.17, 15) is 21.6 Å². The lowest BCUT2D eigenvalue weighted by atomic mass is 10.1. The molecule has 7 heteroatoms. The van der Waals surface area contributed by atoms with Crippen molar-refractivity contribution in [3.05, 3.63) is 29.8 Å². The highest BCUT2D eigenvalue weighted by Gasteiger charge is 2.47. The molecule has 0 heterocycles. The maximum atomic E-state index is 12.6. The molecule has 3 nitrogen and oxygen atoms in total. The van der Waals surface area contributed by atoms with Crippen LogP contribution in [0, 0.1) is 0 Å². The molecular weight excluding hydrogens is 291 g/mol. The predicted molar refractivity (Wildman–Crippen MR) is 71.1 cm³/mol. The zero-order valence-corrected chi connectivity index (χ0v) is 12.2. The quantitative estimate of drug-likeness (QED) is 0.879. The number of sulfone groups is 1. The Labute approximate surface area is 117 Å². The van der Waals surface area contributed by atoms with Gasteiger partial charge in [0.1, 0.15) is 0 Å². The van der Waals surface area contributed by atoms with E-state index in [1.807, 2.05) is 13.8 Å². The van der Waals surface area contributed by atoms with Gasteiger partial charge in [-0.3, -0.25) is 0 Å². The Kier molecular flexibility index (Phi) is 5.59. The molecule has 1 rings (SSSR count). The number of benzene rings is 1. The first-order valence-electron chi connectivity index (χ1n) is 6.32. The Bertz CT molecular complexity index is 541. The maximum Gasteiger partial charge on any atom is 0.501 e. The van der Waals surface area contributed by atoms with Crippen LogP contribution >= 0.6 is 0 Å². The third-order valence-corrected chi connectivity index (χ3v) is 4.42. The van der Waals surface area contributed by atoms with Crippen LogP contribution in [0.25, 0.3) is 0 Å². The van der Waals surface area contributed by atoms with Crippen molar-refractivity contribution in [3.8, 4) is 0 Å². The summed E-state index contributed by atoms with van der Waals surface area (Å²) in [6, 6.07) is 5.16. The Morgan fingerprint density at radius 2 is 1.85 bits per heavy atom. The molecule has 0 spiro atoms. The van der Waals surface area contributed by atoms with Gasteiger partial charge in [0.15, 0.2) is 0 Å². The molecule has 0 saturated heterocycles. The summed E-state index contributed by atoms with van der Waals surface area (Å²) < 4.78 is 61.0. The summed E-state index contributed by atoms with van der Waals surface area (Å²) in [4.78, 5) is -0.655. The number of hydrogen-bond acceptors (Lipinski definition) is 3. The highest BCUT2D eigenvalue weighted by Crippen LogP contribution is 2.32. The topological polar surface area (TPSA) is 46.2 Å². The fourth-order valence-corrected chi connectivity index (χ4v) is 2.86. The number of alkyl halides is 3. The van der Waals surface area contributed by atoms with Crippen molar-refractivity contribution in [2.45, 2.75) is 43.1 Å². The van der Waals surface area contributed by atoms with E-state index < -0.39 is 20.2 Å². The molecule has 0 aliphatic heterocycles. The highest BCUT2D eigenvalue weighted by atomic mass is 32.2. The Morgan fingerprint density at radius 1 is 1.25 bits per heavy atom. The third-order valence-electron chi connectivity index (χ3n) is 2.84. The Morgan fingerprint density at radius 3 is 2.40 bits per heavy atom. The van der Waals surface area contributed by atoms with E-state index in [-0.39, 0.29) is 18.0 Å². The third kappa shape index (κ3) is 3.96. The van der Waals surface area contributed by atoms with Gasteiger partial charge in [-0.25, -0.2) is 8.42 Å². The Hall–Kier alpha value is -1.08. The second-order valence-electron chi connectivity index (χ2n) is 4.62. The standard InChI is InChI=1S/C13H18F3NO2S/c1-3-8-17-10(2)9-11-6-4-5-7-12(11)20(18,19)13(14,15)16/h4-7,10,17H,3,8-9H2,1-2H3. The van der Waals surface area contributed by atoms with Gasteiger partial charge in [0.05, 0.1) is 4.90 Å². The van der Waals surface area contributed by atoms with Gasteiger partial charge in [0.25, 0.3) is 9.84 Å². The van der Waals surface area contributed by atoms with Gasteiger partial charge in [-0.05, 0) is 37.9 Å². The van der Waals surface area contributed by atoms with Gasteiger partial charge < -0.3 is 5.32 Å². The normalized spacial score (nSPS) is 14.2. The molecule has 1 N–H and O–H groups in total. The van der Waals surface area contributed by atoms with Crippen molar-refractivity contribution in [3.63, 3.8) is 0 Å². The molecule has 0 aliphatic rings. The summed E-state index contributed by atoms with van der Waals surface area (Å²) in [6.45, 7) is 4.52. The molecule has 1 aromatic rings. The van der Waals surface area contributed by atoms with Crippen LogP contribution in [0.3, 0.4) is 0 Å². The van der Waals surface area contributed by atoms with Crippen LogP contribution in [-0.4, -0.2) is 26.5 Å². The summed E-state index contributed by atoms with van der Waals surface area (Å²) >= 11 is 0. The minimum atomic E-state index is -5.30. The summed E-state index contributed by atoms with van der Waals surface area (Å²) in [7, 11) is -5.30. The van der Waals surface area contributed by atoms with Crippen LogP contribution in [0.1, 0.15) is 25.8 Å². The molecule has 0 amide bonds. The van der Waals surface area contributed by atoms with E-state index in [4.69, 9.17) is 0 Å². The maximum absolute atomic E-state index is 12.6. The molecule has 0 fully saturated rings. The van der Waals surface area contributed by atoms with E-state index in [0.717, 1.165) is 19.0 Å². The van der Waals surface area contributed by atoms with E-state index in [0.29, 0.717) is 0 Å². The molecule has 1 unspecified atom stereocenters. The van der Waals surface area contributed by atoms with Crippen molar-refractivity contribution >= 4 is 9.84 Å². The van der Waals surface area contributed by atoms with Crippen molar-refractivity contribution in [2.24, 2.45) is 0 Å². The fraction of sp³-hybridized carbons (Fsp3) is 0.538. The fourth-order valence-electron chi connectivity index (χ4n) is 1.85. The average Bonchev–Trinajstić information content (AvgIpc) is 2.35. The molecule has 0 bridgehead atoms. The zero-order valence-electron chi connectivity index (χ0n) is 11.4. The molecule has 0 aromatic heterocycles. The number of halogens is 3. The lowest BCUT2D eigenvalue weighted by Gasteiger charge is -2.17. The molecular formula is C13H18F3NO2S. The summed E-state index contributed by atoms with van der Waals surface area (Å²) in [5.41, 5.74) is -5.09. The van der Waals surface area contributed by atoms with Crippen molar-refractivity contribution in [1.82, 2.24) is 5.32 Å². The summed E-state index contributed by atoms with van der Waals surface area (Å²) in [5, 5.41) is 3.12. The van der Waals surface area contributed by atoms with Crippen molar-refractivity contribution in [2.75, 3.05) is 6.54 Å². The van der Waals surface area contributed by atoms with Crippen LogP contribution in [0.2, 0.25) is 0 Å². The lowest BCUT2D eigenvalue weighted by Crippen LogP contribution is -2.30. The van der Waals surface area contributed by atoms with Crippen molar-refractivity contribution in [1.29, 1.82) is 0 Å². The second kappa shape index (κ2) is 6.58. The number of rotatable bonds is 6. The Balaban J connectivity index is 3.07. The summed E-state index contributed by atoms with van der Waals surface area (Å²) in [6.07, 6.45) is 1.12. The van der Waals surface area contributed by atoms with Gasteiger partial charge >= 0.3 is 5.51 Å². The smallest absolute Gasteiger partial charge is 0.314 e. The summed E-state index contributed by atoms with van der Waals surface area (Å²) in [5.74, 6) is 0. The van der Waals surface area contributed by atoms with Gasteiger partial charge in [-0.1, -0.05) is 25.1 Å². The molecule has 1 aromatic carbocycles. The van der Waals surface area contributed by atoms with Gasteiger partial charge in [-0.15, -0.1) is 0 Å². The van der Waals surface area contributed by atoms with Crippen LogP contribution in [0.15, 0.2) is 29.2 Å². The van der Waals surface area contributed by atoms with Crippen LogP contribution < -0.4 is 5.32 Å². The largest absolute Gasteiger partial charge is 0.501 e. The van der Waals surface area contributed by atoms with E-state index in [1.54, 1.807) is 0 Å². The van der Waals surface area contributed by atoms with E-state index in [2.05, 4.69) is 5.32 Å². The van der Waals surface area contributed by atoms with Gasteiger partial charge in [-0.2, -0.15) is 13.2 Å². The minimum Gasteiger partial charge on any atom is -0.314 e. The molecule has 1 atom stereocenters. The highest BCUT2D eigenvalue weighted by molar-refractivity contribution is 7.92. The minimum absolute atomic E-state index is 0.0977. The molecule has 0 aliphatic carbocycles. The molecule has 0 saturated carbocycles. The zero-order chi connectivity index (χ0) is 15.4. The lowest BCUT2D eigenvalue weighted by molar-refractivity contribution is -0.0436. The van der Waals surface area contributed by atoms with E-state index in [1.165, 1.54) is 18.2 Å². The first kappa shape index (κ1) is 17.0.